The number of nitriles is 1. The molecule has 0 unspecified atom stereocenters. The largest absolute Gasteiger partial charge is 0.383 e. The van der Waals surface area contributed by atoms with Gasteiger partial charge in [0.15, 0.2) is 5.49 Å². The molecule has 0 bridgehead atoms. The first kappa shape index (κ1) is 10.4. The smallest absolute Gasteiger partial charge is 0.175 e. The van der Waals surface area contributed by atoms with Crippen LogP contribution in [-0.4, -0.2) is 4.68 Å². The lowest BCUT2D eigenvalue weighted by Gasteiger charge is -2.20. The monoisotopic (exact) mass is 218 g/mol. The lowest BCUT2D eigenvalue weighted by Crippen LogP contribution is -2.37. The van der Waals surface area contributed by atoms with Crippen molar-refractivity contribution in [1.29, 1.82) is 5.26 Å². The highest BCUT2D eigenvalue weighted by molar-refractivity contribution is 5.56. The average molecular weight is 218 g/mol. The van der Waals surface area contributed by atoms with Crippen molar-refractivity contribution in [2.24, 2.45) is 10.9 Å². The van der Waals surface area contributed by atoms with E-state index in [1.807, 2.05) is 0 Å². The van der Waals surface area contributed by atoms with E-state index in [0.717, 1.165) is 36.8 Å². The van der Waals surface area contributed by atoms with Gasteiger partial charge in [0.25, 0.3) is 0 Å². The number of fused-ring (bicyclic) bond motifs is 1. The van der Waals surface area contributed by atoms with E-state index in [4.69, 9.17) is 22.7 Å². The maximum Gasteiger partial charge on any atom is 0.175 e. The molecule has 0 saturated heterocycles. The number of hydrogen-bond acceptors (Lipinski definition) is 5. The zero-order valence-corrected chi connectivity index (χ0v) is 8.90. The van der Waals surface area contributed by atoms with Gasteiger partial charge in [0.05, 0.1) is 5.56 Å². The van der Waals surface area contributed by atoms with Crippen molar-refractivity contribution >= 4 is 5.82 Å². The third kappa shape index (κ3) is 1.29. The van der Waals surface area contributed by atoms with Crippen molar-refractivity contribution in [3.8, 4) is 6.07 Å². The zero-order chi connectivity index (χ0) is 11.7. The molecule has 0 atom stereocenters. The van der Waals surface area contributed by atoms with E-state index in [0.29, 0.717) is 11.1 Å². The Bertz CT molecular complexity index is 534. The van der Waals surface area contributed by atoms with Gasteiger partial charge >= 0.3 is 0 Å². The van der Waals surface area contributed by atoms with Crippen molar-refractivity contribution in [1.82, 2.24) is 4.68 Å². The lowest BCUT2D eigenvalue weighted by atomic mass is 9.89. The van der Waals surface area contributed by atoms with Crippen LogP contribution in [-0.2, 0) is 12.8 Å². The summed E-state index contributed by atoms with van der Waals surface area (Å²) in [4.78, 5) is 0. The summed E-state index contributed by atoms with van der Waals surface area (Å²) in [6.45, 7) is 0. The minimum Gasteiger partial charge on any atom is -0.383 e. The fraction of sp³-hybridized carbons (Fsp3) is 0.400. The Kier molecular flexibility index (Phi) is 2.44. The van der Waals surface area contributed by atoms with Gasteiger partial charge in [-0.1, -0.05) is 0 Å². The molecule has 6 N–H and O–H groups in total. The number of aromatic nitrogens is 1. The first-order chi connectivity index (χ1) is 7.70. The number of nitrogen functional groups attached to an aromatic ring is 2. The molecular weight excluding hydrogens is 204 g/mol. The van der Waals surface area contributed by atoms with Gasteiger partial charge in [0, 0.05) is 5.56 Å². The fourth-order valence-corrected chi connectivity index (χ4v) is 2.23. The second-order valence-electron chi connectivity index (χ2n) is 3.86. The van der Waals surface area contributed by atoms with Crippen LogP contribution in [0.15, 0.2) is 5.10 Å². The molecule has 1 heterocycles. The summed E-state index contributed by atoms with van der Waals surface area (Å²) in [5.41, 5.74) is 8.65. The Morgan fingerprint density at radius 3 is 2.44 bits per heavy atom. The lowest BCUT2D eigenvalue weighted by molar-refractivity contribution is 0.660. The van der Waals surface area contributed by atoms with Gasteiger partial charge < -0.3 is 17.4 Å². The molecule has 6 heteroatoms. The number of hydrogen-bond donors (Lipinski definition) is 3. The van der Waals surface area contributed by atoms with E-state index in [1.54, 1.807) is 0 Å². The molecule has 1 aliphatic rings. The number of anilines is 1. The molecule has 0 amide bonds. The molecule has 0 aliphatic heterocycles. The van der Waals surface area contributed by atoms with Crippen LogP contribution >= 0.6 is 0 Å². The molecule has 1 aromatic rings. The van der Waals surface area contributed by atoms with E-state index >= 15 is 0 Å². The maximum absolute atomic E-state index is 9.10. The van der Waals surface area contributed by atoms with E-state index in [2.05, 4.69) is 11.2 Å². The summed E-state index contributed by atoms with van der Waals surface area (Å²) in [5, 5.41) is 12.8. The Morgan fingerprint density at radius 2 is 1.88 bits per heavy atom. The summed E-state index contributed by atoms with van der Waals surface area (Å²) in [6, 6.07) is 2.11. The first-order valence-electron chi connectivity index (χ1n) is 5.16. The van der Waals surface area contributed by atoms with Gasteiger partial charge in [-0.15, -0.1) is 0 Å². The molecule has 1 aromatic heterocycles. The Hall–Kier alpha value is -2.16. The second-order valence-corrected chi connectivity index (χ2v) is 3.86. The highest BCUT2D eigenvalue weighted by atomic mass is 15.3. The predicted molar refractivity (Wildman–Crippen MR) is 60.1 cm³/mol. The van der Waals surface area contributed by atoms with Gasteiger partial charge in [-0.05, 0) is 31.2 Å². The molecule has 0 aromatic carbocycles. The van der Waals surface area contributed by atoms with Crippen LogP contribution in [0.5, 0.6) is 0 Å². The third-order valence-corrected chi connectivity index (χ3v) is 3.02. The first-order valence-corrected chi connectivity index (χ1v) is 5.16. The van der Waals surface area contributed by atoms with Crippen LogP contribution in [0.1, 0.15) is 29.5 Å². The molecule has 0 radical (unpaired) electrons. The average Bonchev–Trinajstić information content (AvgIpc) is 2.31. The highest BCUT2D eigenvalue weighted by Crippen LogP contribution is 2.24. The van der Waals surface area contributed by atoms with Crippen molar-refractivity contribution in [3.63, 3.8) is 0 Å². The van der Waals surface area contributed by atoms with E-state index in [9.17, 15) is 0 Å². The van der Waals surface area contributed by atoms with Gasteiger partial charge in [0.1, 0.15) is 11.9 Å². The van der Waals surface area contributed by atoms with E-state index < -0.39 is 0 Å². The second kappa shape index (κ2) is 3.77. The van der Waals surface area contributed by atoms with Crippen LogP contribution in [0.25, 0.3) is 0 Å². The van der Waals surface area contributed by atoms with Crippen LogP contribution in [0.4, 0.5) is 5.82 Å². The Morgan fingerprint density at radius 1 is 1.25 bits per heavy atom. The maximum atomic E-state index is 9.10. The van der Waals surface area contributed by atoms with Gasteiger partial charge in [0.2, 0.25) is 0 Å². The fourth-order valence-electron chi connectivity index (χ4n) is 2.23. The van der Waals surface area contributed by atoms with Crippen LogP contribution < -0.4 is 22.9 Å². The number of rotatable bonds is 0. The van der Waals surface area contributed by atoms with Crippen molar-refractivity contribution in [2.75, 3.05) is 11.6 Å². The van der Waals surface area contributed by atoms with Crippen LogP contribution in [0.3, 0.4) is 0 Å². The molecule has 0 spiro atoms. The zero-order valence-electron chi connectivity index (χ0n) is 8.90. The third-order valence-electron chi connectivity index (χ3n) is 3.02. The minimum atomic E-state index is 0.229. The van der Waals surface area contributed by atoms with Crippen molar-refractivity contribution in [3.05, 3.63) is 22.2 Å². The van der Waals surface area contributed by atoms with Gasteiger partial charge in [-0.25, -0.2) is 4.68 Å². The summed E-state index contributed by atoms with van der Waals surface area (Å²) >= 11 is 0. The summed E-state index contributed by atoms with van der Waals surface area (Å²) in [5.74, 6) is 11.3. The number of nitrogens with two attached hydrogens (primary N) is 3. The minimum absolute atomic E-state index is 0.229. The molecule has 6 nitrogen and oxygen atoms in total. The normalized spacial score (nSPS) is 15.6. The molecule has 1 aliphatic carbocycles. The highest BCUT2D eigenvalue weighted by Gasteiger charge is 2.20. The van der Waals surface area contributed by atoms with Crippen LogP contribution in [0.2, 0.25) is 0 Å². The summed E-state index contributed by atoms with van der Waals surface area (Å²) in [7, 11) is 0. The van der Waals surface area contributed by atoms with E-state index in [1.165, 1.54) is 4.68 Å². The standard InChI is InChI=1S/C10H14N6/c11-5-8-6-3-1-2-4-7(6)10(15-13)16(14)9(8)12/h1-4,12-14H2/b15-10-. The Balaban J connectivity index is 2.88. The Labute approximate surface area is 92.9 Å². The molecule has 0 saturated carbocycles. The van der Waals surface area contributed by atoms with Crippen molar-refractivity contribution in [2.45, 2.75) is 25.7 Å². The molecular formula is C10H14N6. The number of pyridine rings is 1. The topological polar surface area (TPSA) is 119 Å². The van der Waals surface area contributed by atoms with Gasteiger partial charge in [-0.3, -0.25) is 0 Å². The molecule has 84 valence electrons. The van der Waals surface area contributed by atoms with Gasteiger partial charge in [-0.2, -0.15) is 10.4 Å². The van der Waals surface area contributed by atoms with E-state index in [-0.39, 0.29) is 5.82 Å². The SMILES string of the molecule is N#Cc1c2c(/c(=N/N)n(N)c1N)CCCC2. The quantitative estimate of drug-likeness (QED) is 0.394. The number of nitrogens with zero attached hydrogens (tertiary/aromatic N) is 3. The summed E-state index contributed by atoms with van der Waals surface area (Å²) < 4.78 is 1.20. The molecule has 2 rings (SSSR count). The molecule has 0 fully saturated rings. The summed E-state index contributed by atoms with van der Waals surface area (Å²) in [6.07, 6.45) is 3.80. The predicted octanol–water partition coefficient (Wildman–Crippen LogP) is -0.691. The van der Waals surface area contributed by atoms with Crippen LogP contribution in [0, 0.1) is 11.3 Å². The molecule has 16 heavy (non-hydrogen) atoms. The van der Waals surface area contributed by atoms with Crippen molar-refractivity contribution < 1.29 is 0 Å².